The summed E-state index contributed by atoms with van der Waals surface area (Å²) in [5.74, 6) is -0.331. The largest absolute Gasteiger partial charge is 0.395 e. The van der Waals surface area contributed by atoms with Crippen LogP contribution in [0, 0.1) is 5.82 Å². The van der Waals surface area contributed by atoms with Gasteiger partial charge in [-0.05, 0) is 36.6 Å². The highest BCUT2D eigenvalue weighted by molar-refractivity contribution is 6.30. The molecule has 1 aromatic rings. The maximum atomic E-state index is 13.0. The van der Waals surface area contributed by atoms with Gasteiger partial charge in [0.15, 0.2) is 0 Å². The van der Waals surface area contributed by atoms with Crippen LogP contribution < -0.4 is 0 Å². The molecule has 3 heteroatoms. The molecule has 1 aliphatic carbocycles. The third-order valence-electron chi connectivity index (χ3n) is 2.63. The SMILES string of the molecule is OCC1(c2cc(F)cc(Cl)c2)CC1. The van der Waals surface area contributed by atoms with Gasteiger partial charge in [0.1, 0.15) is 5.82 Å². The zero-order valence-corrected chi connectivity index (χ0v) is 7.81. The van der Waals surface area contributed by atoms with E-state index in [1.54, 1.807) is 6.07 Å². The van der Waals surface area contributed by atoms with Gasteiger partial charge in [-0.2, -0.15) is 0 Å². The van der Waals surface area contributed by atoms with Gasteiger partial charge < -0.3 is 5.11 Å². The zero-order chi connectivity index (χ0) is 9.47. The van der Waals surface area contributed by atoms with Gasteiger partial charge >= 0.3 is 0 Å². The molecule has 70 valence electrons. The lowest BCUT2D eigenvalue weighted by molar-refractivity contribution is 0.255. The molecule has 0 aliphatic heterocycles. The van der Waals surface area contributed by atoms with E-state index in [1.807, 2.05) is 0 Å². The molecule has 2 rings (SSSR count). The van der Waals surface area contributed by atoms with Gasteiger partial charge in [0, 0.05) is 10.4 Å². The number of hydrogen-bond donors (Lipinski definition) is 1. The molecule has 0 bridgehead atoms. The first kappa shape index (κ1) is 8.97. The van der Waals surface area contributed by atoms with Crippen molar-refractivity contribution in [3.05, 3.63) is 34.6 Å². The minimum atomic E-state index is -0.331. The van der Waals surface area contributed by atoms with Crippen molar-refractivity contribution in [2.75, 3.05) is 6.61 Å². The van der Waals surface area contributed by atoms with Gasteiger partial charge in [0.05, 0.1) is 6.61 Å². The van der Waals surface area contributed by atoms with Crippen LogP contribution in [0.25, 0.3) is 0 Å². The molecule has 1 aliphatic rings. The lowest BCUT2D eigenvalue weighted by atomic mass is 9.97. The Kier molecular flexibility index (Phi) is 2.05. The van der Waals surface area contributed by atoms with Gasteiger partial charge in [-0.1, -0.05) is 11.6 Å². The van der Waals surface area contributed by atoms with Crippen molar-refractivity contribution in [2.45, 2.75) is 18.3 Å². The second-order valence-corrected chi connectivity index (χ2v) is 4.03. The van der Waals surface area contributed by atoms with Crippen molar-refractivity contribution in [1.82, 2.24) is 0 Å². The Hall–Kier alpha value is -0.600. The first-order chi connectivity index (χ1) is 6.16. The molecule has 1 nitrogen and oxygen atoms in total. The molecule has 0 spiro atoms. The fourth-order valence-corrected chi connectivity index (χ4v) is 1.77. The summed E-state index contributed by atoms with van der Waals surface area (Å²) in [5.41, 5.74) is 0.617. The summed E-state index contributed by atoms with van der Waals surface area (Å²) in [7, 11) is 0. The van der Waals surface area contributed by atoms with Gasteiger partial charge in [-0.3, -0.25) is 0 Å². The van der Waals surface area contributed by atoms with Crippen molar-refractivity contribution in [3.8, 4) is 0 Å². The molecule has 0 radical (unpaired) electrons. The van der Waals surface area contributed by atoms with Crippen molar-refractivity contribution in [2.24, 2.45) is 0 Å². The standard InChI is InChI=1S/C10H10ClFO/c11-8-3-7(4-9(12)5-8)10(6-13)1-2-10/h3-5,13H,1-2,6H2. The van der Waals surface area contributed by atoms with Gasteiger partial charge in [-0.25, -0.2) is 4.39 Å². The molecule has 0 atom stereocenters. The normalized spacial score (nSPS) is 18.7. The van der Waals surface area contributed by atoms with Crippen LogP contribution in [0.5, 0.6) is 0 Å². The van der Waals surface area contributed by atoms with Crippen LogP contribution in [0.3, 0.4) is 0 Å². The third kappa shape index (κ3) is 1.56. The minimum Gasteiger partial charge on any atom is -0.395 e. The Labute approximate surface area is 81.1 Å². The van der Waals surface area contributed by atoms with Crippen molar-refractivity contribution in [1.29, 1.82) is 0 Å². The Morgan fingerprint density at radius 2 is 2.08 bits per heavy atom. The fourth-order valence-electron chi connectivity index (χ4n) is 1.55. The van der Waals surface area contributed by atoms with Crippen LogP contribution in [-0.2, 0) is 5.41 Å². The zero-order valence-electron chi connectivity index (χ0n) is 7.06. The van der Waals surface area contributed by atoms with E-state index in [2.05, 4.69) is 0 Å². The first-order valence-electron chi connectivity index (χ1n) is 4.24. The van der Waals surface area contributed by atoms with E-state index in [4.69, 9.17) is 16.7 Å². The topological polar surface area (TPSA) is 20.2 Å². The van der Waals surface area contributed by atoms with E-state index >= 15 is 0 Å². The average Bonchev–Trinajstić information content (AvgIpc) is 2.82. The summed E-state index contributed by atoms with van der Waals surface area (Å²) in [6, 6.07) is 4.46. The highest BCUT2D eigenvalue weighted by Crippen LogP contribution is 2.48. The molecule has 0 unspecified atom stereocenters. The van der Waals surface area contributed by atoms with Crippen LogP contribution in [-0.4, -0.2) is 11.7 Å². The predicted molar refractivity (Wildman–Crippen MR) is 49.4 cm³/mol. The molecule has 1 fully saturated rings. The smallest absolute Gasteiger partial charge is 0.124 e. The first-order valence-corrected chi connectivity index (χ1v) is 4.61. The molecule has 0 aromatic heterocycles. The predicted octanol–water partition coefficient (Wildman–Crippen LogP) is 2.50. The summed E-state index contributed by atoms with van der Waals surface area (Å²) in [5, 5.41) is 9.52. The Bertz CT molecular complexity index is 313. The molecular formula is C10H10ClFO. The Balaban J connectivity index is 2.40. The molecule has 13 heavy (non-hydrogen) atoms. The minimum absolute atomic E-state index is 0.0762. The summed E-state index contributed by atoms with van der Waals surface area (Å²) in [6.07, 6.45) is 1.84. The molecule has 1 N–H and O–H groups in total. The van der Waals surface area contributed by atoms with E-state index < -0.39 is 0 Å². The van der Waals surface area contributed by atoms with E-state index in [0.29, 0.717) is 5.02 Å². The summed E-state index contributed by atoms with van der Waals surface area (Å²) < 4.78 is 13.0. The van der Waals surface area contributed by atoms with Gasteiger partial charge in [0.2, 0.25) is 0 Å². The molecule has 0 amide bonds. The van der Waals surface area contributed by atoms with E-state index in [9.17, 15) is 4.39 Å². The maximum Gasteiger partial charge on any atom is 0.124 e. The van der Waals surface area contributed by atoms with E-state index in [1.165, 1.54) is 12.1 Å². The van der Waals surface area contributed by atoms with Crippen LogP contribution >= 0.6 is 11.6 Å². The van der Waals surface area contributed by atoms with Crippen molar-refractivity contribution in [3.63, 3.8) is 0 Å². The van der Waals surface area contributed by atoms with E-state index in [0.717, 1.165) is 18.4 Å². The van der Waals surface area contributed by atoms with Gasteiger partial charge in [0.25, 0.3) is 0 Å². The molecule has 0 saturated heterocycles. The molecule has 1 saturated carbocycles. The van der Waals surface area contributed by atoms with E-state index in [-0.39, 0.29) is 17.8 Å². The monoisotopic (exact) mass is 200 g/mol. The summed E-state index contributed by atoms with van der Waals surface area (Å²) in [6.45, 7) is 0.0762. The fraction of sp³-hybridized carbons (Fsp3) is 0.400. The third-order valence-corrected chi connectivity index (χ3v) is 2.85. The number of halogens is 2. The summed E-state index contributed by atoms with van der Waals surface area (Å²) >= 11 is 5.72. The van der Waals surface area contributed by atoms with Crippen molar-refractivity contribution < 1.29 is 9.50 Å². The second-order valence-electron chi connectivity index (χ2n) is 3.60. The average molecular weight is 201 g/mol. The maximum absolute atomic E-state index is 13.0. The van der Waals surface area contributed by atoms with Crippen LogP contribution in [0.2, 0.25) is 5.02 Å². The highest BCUT2D eigenvalue weighted by atomic mass is 35.5. The van der Waals surface area contributed by atoms with Crippen LogP contribution in [0.4, 0.5) is 4.39 Å². The Morgan fingerprint density at radius 1 is 1.38 bits per heavy atom. The highest BCUT2D eigenvalue weighted by Gasteiger charge is 2.43. The molecule has 1 aromatic carbocycles. The number of rotatable bonds is 2. The molecule has 0 heterocycles. The number of benzene rings is 1. The van der Waals surface area contributed by atoms with Crippen molar-refractivity contribution >= 4 is 11.6 Å². The second kappa shape index (κ2) is 2.96. The number of aliphatic hydroxyl groups is 1. The quantitative estimate of drug-likeness (QED) is 0.778. The lowest BCUT2D eigenvalue weighted by Crippen LogP contribution is -2.11. The van der Waals surface area contributed by atoms with Crippen LogP contribution in [0.1, 0.15) is 18.4 Å². The number of hydrogen-bond acceptors (Lipinski definition) is 1. The summed E-state index contributed by atoms with van der Waals surface area (Å²) in [4.78, 5) is 0. The van der Waals surface area contributed by atoms with Gasteiger partial charge in [-0.15, -0.1) is 0 Å². The van der Waals surface area contributed by atoms with Crippen LogP contribution in [0.15, 0.2) is 18.2 Å². The molecular weight excluding hydrogens is 191 g/mol. The lowest BCUT2D eigenvalue weighted by Gasteiger charge is -2.12. The number of aliphatic hydroxyl groups excluding tert-OH is 1. The Morgan fingerprint density at radius 3 is 2.54 bits per heavy atom.